The number of rotatable bonds is 2. The van der Waals surface area contributed by atoms with Gasteiger partial charge in [-0.3, -0.25) is 0 Å². The van der Waals surface area contributed by atoms with Crippen LogP contribution in [-0.2, 0) is 6.61 Å². The molecule has 0 fully saturated rings. The number of benzene rings is 1. The molecule has 15 heavy (non-hydrogen) atoms. The summed E-state index contributed by atoms with van der Waals surface area (Å²) in [6, 6.07) is 7.68. The Morgan fingerprint density at radius 3 is 2.80 bits per heavy atom. The predicted octanol–water partition coefficient (Wildman–Crippen LogP) is 2.90. The van der Waals surface area contributed by atoms with Crippen LogP contribution in [0.2, 0.25) is 0 Å². The van der Waals surface area contributed by atoms with E-state index in [4.69, 9.17) is 9.63 Å². The number of hydrogen-bond donors (Lipinski definition) is 1. The van der Waals surface area contributed by atoms with E-state index in [-0.39, 0.29) is 6.61 Å². The van der Waals surface area contributed by atoms with Crippen molar-refractivity contribution in [2.45, 2.75) is 13.5 Å². The van der Waals surface area contributed by atoms with E-state index in [0.717, 1.165) is 21.3 Å². The lowest BCUT2D eigenvalue weighted by Gasteiger charge is -1.99. The van der Waals surface area contributed by atoms with Crippen LogP contribution in [0.25, 0.3) is 11.3 Å². The van der Waals surface area contributed by atoms with Crippen molar-refractivity contribution >= 4 is 15.9 Å². The summed E-state index contributed by atoms with van der Waals surface area (Å²) in [5, 5.41) is 12.7. The monoisotopic (exact) mass is 267 g/mol. The highest BCUT2D eigenvalue weighted by atomic mass is 79.9. The maximum absolute atomic E-state index is 8.86. The fourth-order valence-corrected chi connectivity index (χ4v) is 1.57. The third-order valence-electron chi connectivity index (χ3n) is 2.17. The maximum atomic E-state index is 8.86. The van der Waals surface area contributed by atoms with E-state index >= 15 is 0 Å². The molecular formula is C11H10BrNO2. The van der Waals surface area contributed by atoms with Gasteiger partial charge in [0.2, 0.25) is 0 Å². The summed E-state index contributed by atoms with van der Waals surface area (Å²) in [6.07, 6.45) is 0. The normalized spacial score (nSPS) is 10.6. The Morgan fingerprint density at radius 1 is 1.40 bits per heavy atom. The molecule has 0 spiro atoms. The highest BCUT2D eigenvalue weighted by Crippen LogP contribution is 2.24. The summed E-state index contributed by atoms with van der Waals surface area (Å²) in [4.78, 5) is 0. The second kappa shape index (κ2) is 4.16. The molecule has 2 aromatic rings. The zero-order valence-electron chi connectivity index (χ0n) is 8.20. The molecule has 3 nitrogen and oxygen atoms in total. The Kier molecular flexibility index (Phi) is 2.88. The molecule has 0 aliphatic rings. The smallest absolute Gasteiger partial charge is 0.162 e. The second-order valence-corrected chi connectivity index (χ2v) is 4.15. The predicted molar refractivity (Wildman–Crippen MR) is 60.3 cm³/mol. The van der Waals surface area contributed by atoms with Crippen LogP contribution in [0.5, 0.6) is 0 Å². The van der Waals surface area contributed by atoms with E-state index in [9.17, 15) is 0 Å². The fourth-order valence-electron chi connectivity index (χ4n) is 1.33. The largest absolute Gasteiger partial charge is 0.388 e. The van der Waals surface area contributed by atoms with E-state index in [1.54, 1.807) is 6.07 Å². The minimum Gasteiger partial charge on any atom is -0.388 e. The molecule has 0 unspecified atom stereocenters. The van der Waals surface area contributed by atoms with Gasteiger partial charge in [0.25, 0.3) is 0 Å². The first-order valence-electron chi connectivity index (χ1n) is 4.53. The Hall–Kier alpha value is -1.13. The third kappa shape index (κ3) is 2.11. The van der Waals surface area contributed by atoms with Gasteiger partial charge < -0.3 is 9.63 Å². The Morgan fingerprint density at radius 2 is 2.20 bits per heavy atom. The van der Waals surface area contributed by atoms with E-state index in [2.05, 4.69) is 21.1 Å². The lowest BCUT2D eigenvalue weighted by atomic mass is 10.1. The van der Waals surface area contributed by atoms with E-state index < -0.39 is 0 Å². The van der Waals surface area contributed by atoms with Crippen molar-refractivity contribution in [1.29, 1.82) is 0 Å². The summed E-state index contributed by atoms with van der Waals surface area (Å²) < 4.78 is 5.99. The molecule has 0 amide bonds. The van der Waals surface area contributed by atoms with Crippen molar-refractivity contribution in [2.75, 3.05) is 0 Å². The lowest BCUT2D eigenvalue weighted by Crippen LogP contribution is -1.80. The summed E-state index contributed by atoms with van der Waals surface area (Å²) >= 11 is 3.44. The van der Waals surface area contributed by atoms with Crippen LogP contribution >= 0.6 is 15.9 Å². The first kappa shape index (κ1) is 10.4. The van der Waals surface area contributed by atoms with Crippen molar-refractivity contribution in [3.05, 3.63) is 40.1 Å². The van der Waals surface area contributed by atoms with Gasteiger partial charge in [0.1, 0.15) is 12.3 Å². The molecule has 1 N–H and O–H groups in total. The lowest BCUT2D eigenvalue weighted by molar-refractivity contribution is 0.229. The Bertz CT molecular complexity index is 479. The molecule has 1 aromatic carbocycles. The molecule has 0 bridgehead atoms. The second-order valence-electron chi connectivity index (χ2n) is 3.30. The van der Waals surface area contributed by atoms with Crippen molar-refractivity contribution in [3.63, 3.8) is 0 Å². The van der Waals surface area contributed by atoms with E-state index in [0.29, 0.717) is 5.76 Å². The molecule has 78 valence electrons. The van der Waals surface area contributed by atoms with Crippen LogP contribution in [0.1, 0.15) is 11.3 Å². The highest BCUT2D eigenvalue weighted by molar-refractivity contribution is 9.10. The first-order valence-corrected chi connectivity index (χ1v) is 5.33. The zero-order valence-corrected chi connectivity index (χ0v) is 9.78. The summed E-state index contributed by atoms with van der Waals surface area (Å²) in [5.41, 5.74) is 2.87. The molecule has 1 heterocycles. The Balaban J connectivity index is 2.40. The number of aromatic nitrogens is 1. The molecular weight excluding hydrogens is 258 g/mol. The molecule has 0 atom stereocenters. The van der Waals surface area contributed by atoms with Gasteiger partial charge in [0.15, 0.2) is 5.76 Å². The molecule has 1 aromatic heterocycles. The molecule has 2 rings (SSSR count). The van der Waals surface area contributed by atoms with Crippen LogP contribution in [0.15, 0.2) is 33.3 Å². The van der Waals surface area contributed by atoms with Crippen molar-refractivity contribution in [2.24, 2.45) is 0 Å². The number of aliphatic hydroxyl groups excluding tert-OH is 1. The van der Waals surface area contributed by atoms with Crippen LogP contribution in [0.4, 0.5) is 0 Å². The zero-order chi connectivity index (χ0) is 10.8. The van der Waals surface area contributed by atoms with Gasteiger partial charge in [0.05, 0.1) is 0 Å². The maximum Gasteiger partial charge on any atom is 0.162 e. The van der Waals surface area contributed by atoms with Gasteiger partial charge in [-0.05, 0) is 24.6 Å². The average molecular weight is 268 g/mol. The topological polar surface area (TPSA) is 46.3 Å². The van der Waals surface area contributed by atoms with E-state index in [1.165, 1.54) is 0 Å². The van der Waals surface area contributed by atoms with Gasteiger partial charge in [-0.1, -0.05) is 27.2 Å². The van der Waals surface area contributed by atoms with Crippen LogP contribution in [-0.4, -0.2) is 10.3 Å². The van der Waals surface area contributed by atoms with Crippen molar-refractivity contribution in [1.82, 2.24) is 5.16 Å². The summed E-state index contributed by atoms with van der Waals surface area (Å²) in [6.45, 7) is 1.89. The molecule has 0 radical (unpaired) electrons. The molecule has 0 saturated carbocycles. The molecule has 0 saturated heterocycles. The number of halogens is 1. The minimum atomic E-state index is -0.123. The summed E-state index contributed by atoms with van der Waals surface area (Å²) in [5.74, 6) is 0.477. The van der Waals surface area contributed by atoms with Gasteiger partial charge in [-0.25, -0.2) is 0 Å². The van der Waals surface area contributed by atoms with Crippen molar-refractivity contribution < 1.29 is 9.63 Å². The third-order valence-corrected chi connectivity index (χ3v) is 3.06. The number of hydrogen-bond acceptors (Lipinski definition) is 3. The average Bonchev–Trinajstić information content (AvgIpc) is 2.70. The van der Waals surface area contributed by atoms with Crippen LogP contribution in [0.3, 0.4) is 0 Å². The van der Waals surface area contributed by atoms with Crippen LogP contribution in [0, 0.1) is 6.92 Å². The van der Waals surface area contributed by atoms with Crippen molar-refractivity contribution in [3.8, 4) is 11.3 Å². The standard InChI is InChI=1S/C11H10BrNO2/c1-7-4-8(2-3-10(7)12)11-5-9(6-14)15-13-11/h2-5,14H,6H2,1H3. The van der Waals surface area contributed by atoms with Crippen LogP contribution < -0.4 is 0 Å². The molecule has 0 aliphatic heterocycles. The number of aryl methyl sites for hydroxylation is 1. The number of aliphatic hydroxyl groups is 1. The Labute approximate surface area is 95.8 Å². The first-order chi connectivity index (χ1) is 7.20. The van der Waals surface area contributed by atoms with Gasteiger partial charge in [-0.15, -0.1) is 0 Å². The highest BCUT2D eigenvalue weighted by Gasteiger charge is 2.06. The van der Waals surface area contributed by atoms with Gasteiger partial charge in [0, 0.05) is 16.1 Å². The quantitative estimate of drug-likeness (QED) is 0.910. The minimum absolute atomic E-state index is 0.123. The van der Waals surface area contributed by atoms with E-state index in [1.807, 2.05) is 25.1 Å². The van der Waals surface area contributed by atoms with Gasteiger partial charge >= 0.3 is 0 Å². The molecule has 4 heteroatoms. The molecule has 0 aliphatic carbocycles. The number of nitrogens with zero attached hydrogens (tertiary/aromatic N) is 1. The fraction of sp³-hybridized carbons (Fsp3) is 0.182. The van der Waals surface area contributed by atoms with Gasteiger partial charge in [-0.2, -0.15) is 0 Å². The summed E-state index contributed by atoms with van der Waals surface area (Å²) in [7, 11) is 0. The SMILES string of the molecule is Cc1cc(-c2cc(CO)on2)ccc1Br.